The maximum atomic E-state index is 4.49. The minimum atomic E-state index is 0.789. The van der Waals surface area contributed by atoms with E-state index >= 15 is 0 Å². The van der Waals surface area contributed by atoms with Crippen molar-refractivity contribution >= 4 is 21.9 Å². The molecule has 1 fully saturated rings. The first-order valence-electron chi connectivity index (χ1n) is 5.90. The zero-order valence-corrected chi connectivity index (χ0v) is 11.3. The lowest BCUT2D eigenvalue weighted by atomic mass is 9.96. The number of hydrogen-bond donors (Lipinski definition) is 0. The van der Waals surface area contributed by atoms with Crippen LogP contribution in [0.1, 0.15) is 25.0 Å². The highest BCUT2D eigenvalue weighted by Crippen LogP contribution is 2.23. The first kappa shape index (κ1) is 11.8. The van der Waals surface area contributed by atoms with E-state index in [2.05, 4.69) is 30.8 Å². The Bertz CT molecular complexity index is 341. The van der Waals surface area contributed by atoms with Crippen molar-refractivity contribution in [3.63, 3.8) is 0 Å². The van der Waals surface area contributed by atoms with Crippen LogP contribution in [0.3, 0.4) is 0 Å². The van der Waals surface area contributed by atoms with Crippen LogP contribution < -0.4 is 4.90 Å². The molecule has 16 heavy (non-hydrogen) atoms. The molecule has 0 radical (unpaired) electrons. The van der Waals surface area contributed by atoms with E-state index < -0.39 is 0 Å². The maximum Gasteiger partial charge on any atom is 0.225 e. The summed E-state index contributed by atoms with van der Waals surface area (Å²) in [6, 6.07) is 1.95. The van der Waals surface area contributed by atoms with Gasteiger partial charge in [-0.3, -0.25) is 0 Å². The summed E-state index contributed by atoms with van der Waals surface area (Å²) in [6.45, 7) is 4.22. The molecule has 1 aromatic heterocycles. The Hall–Kier alpha value is -0.640. The lowest BCUT2D eigenvalue weighted by molar-refractivity contribution is 0.404. The quantitative estimate of drug-likeness (QED) is 0.799. The summed E-state index contributed by atoms with van der Waals surface area (Å²) >= 11 is 3.52. The monoisotopic (exact) mass is 283 g/mol. The minimum absolute atomic E-state index is 0.789. The highest BCUT2D eigenvalue weighted by atomic mass is 79.9. The molecule has 1 atom stereocenters. The Kier molecular flexibility index (Phi) is 4.16. The number of halogens is 1. The third kappa shape index (κ3) is 2.94. The molecule has 0 spiro atoms. The second-order valence-electron chi connectivity index (χ2n) is 4.43. The molecule has 0 amide bonds. The van der Waals surface area contributed by atoms with E-state index in [4.69, 9.17) is 0 Å². The molecule has 3 nitrogen and oxygen atoms in total. The van der Waals surface area contributed by atoms with Gasteiger partial charge in [0.25, 0.3) is 0 Å². The normalized spacial score (nSPS) is 21.1. The molecule has 0 aromatic carbocycles. The van der Waals surface area contributed by atoms with Crippen LogP contribution in [0.2, 0.25) is 0 Å². The van der Waals surface area contributed by atoms with Gasteiger partial charge in [0, 0.05) is 30.3 Å². The first-order chi connectivity index (χ1) is 7.79. The fraction of sp³-hybridized carbons (Fsp3) is 0.667. The van der Waals surface area contributed by atoms with E-state index in [0.717, 1.165) is 36.0 Å². The Morgan fingerprint density at radius 3 is 3.19 bits per heavy atom. The third-order valence-electron chi connectivity index (χ3n) is 3.10. The number of aryl methyl sites for hydroxylation is 1. The lowest BCUT2D eigenvalue weighted by Crippen LogP contribution is -2.36. The molecular formula is C12H18BrN3. The lowest BCUT2D eigenvalue weighted by Gasteiger charge is -2.32. The van der Waals surface area contributed by atoms with Gasteiger partial charge in [0.2, 0.25) is 5.95 Å². The molecule has 0 aliphatic carbocycles. The summed E-state index contributed by atoms with van der Waals surface area (Å²) in [4.78, 5) is 11.2. The van der Waals surface area contributed by atoms with Crippen molar-refractivity contribution in [2.75, 3.05) is 23.3 Å². The van der Waals surface area contributed by atoms with Crippen molar-refractivity contribution in [1.29, 1.82) is 0 Å². The molecule has 0 bridgehead atoms. The van der Waals surface area contributed by atoms with Crippen LogP contribution in [0.4, 0.5) is 5.95 Å². The van der Waals surface area contributed by atoms with Crippen molar-refractivity contribution < 1.29 is 0 Å². The van der Waals surface area contributed by atoms with Crippen LogP contribution >= 0.6 is 15.9 Å². The van der Waals surface area contributed by atoms with Gasteiger partial charge in [0.05, 0.1) is 0 Å². The van der Waals surface area contributed by atoms with Gasteiger partial charge in [0.15, 0.2) is 0 Å². The summed E-state index contributed by atoms with van der Waals surface area (Å²) < 4.78 is 0. The molecular weight excluding hydrogens is 266 g/mol. The molecule has 1 aromatic rings. The number of nitrogens with zero attached hydrogens (tertiary/aromatic N) is 3. The predicted molar refractivity (Wildman–Crippen MR) is 70.1 cm³/mol. The molecule has 0 N–H and O–H groups in total. The second kappa shape index (κ2) is 5.62. The average molecular weight is 284 g/mol. The molecule has 4 heteroatoms. The highest BCUT2D eigenvalue weighted by Gasteiger charge is 2.20. The van der Waals surface area contributed by atoms with Crippen LogP contribution in [0.25, 0.3) is 0 Å². The molecule has 1 aliphatic rings. The Morgan fingerprint density at radius 1 is 1.56 bits per heavy atom. The van der Waals surface area contributed by atoms with Gasteiger partial charge in [-0.2, -0.15) is 0 Å². The molecule has 88 valence electrons. The van der Waals surface area contributed by atoms with Crippen LogP contribution in [0, 0.1) is 12.8 Å². The molecule has 1 aliphatic heterocycles. The van der Waals surface area contributed by atoms with Gasteiger partial charge < -0.3 is 4.90 Å². The predicted octanol–water partition coefficient (Wildman–Crippen LogP) is 2.79. The van der Waals surface area contributed by atoms with Crippen molar-refractivity contribution in [2.24, 2.45) is 5.92 Å². The molecule has 0 saturated carbocycles. The summed E-state index contributed by atoms with van der Waals surface area (Å²) in [5.74, 6) is 1.69. The number of anilines is 1. The first-order valence-corrected chi connectivity index (χ1v) is 7.02. The Labute approximate surface area is 105 Å². The van der Waals surface area contributed by atoms with E-state index in [-0.39, 0.29) is 0 Å². The van der Waals surface area contributed by atoms with Gasteiger partial charge in [-0.05, 0) is 38.2 Å². The molecule has 1 saturated heterocycles. The van der Waals surface area contributed by atoms with E-state index in [1.807, 2.05) is 19.2 Å². The largest absolute Gasteiger partial charge is 0.341 e. The summed E-state index contributed by atoms with van der Waals surface area (Å²) in [5, 5.41) is 1.10. The fourth-order valence-electron chi connectivity index (χ4n) is 2.22. The smallest absolute Gasteiger partial charge is 0.225 e. The van der Waals surface area contributed by atoms with E-state index in [1.165, 1.54) is 19.3 Å². The summed E-state index contributed by atoms with van der Waals surface area (Å²) in [7, 11) is 0. The van der Waals surface area contributed by atoms with Crippen molar-refractivity contribution in [1.82, 2.24) is 9.97 Å². The molecule has 2 rings (SSSR count). The Balaban J connectivity index is 2.03. The van der Waals surface area contributed by atoms with Crippen LogP contribution in [0.15, 0.2) is 12.3 Å². The van der Waals surface area contributed by atoms with Crippen molar-refractivity contribution in [2.45, 2.75) is 26.2 Å². The number of alkyl halides is 1. The maximum absolute atomic E-state index is 4.49. The van der Waals surface area contributed by atoms with Crippen molar-refractivity contribution in [3.05, 3.63) is 18.0 Å². The summed E-state index contributed by atoms with van der Waals surface area (Å²) in [6.07, 6.45) is 5.71. The number of piperidine rings is 1. The molecule has 2 heterocycles. The van der Waals surface area contributed by atoms with Gasteiger partial charge in [0.1, 0.15) is 0 Å². The van der Waals surface area contributed by atoms with Gasteiger partial charge >= 0.3 is 0 Å². The number of aromatic nitrogens is 2. The van der Waals surface area contributed by atoms with E-state index in [0.29, 0.717) is 0 Å². The average Bonchev–Trinajstić information content (AvgIpc) is 2.30. The zero-order chi connectivity index (χ0) is 11.4. The topological polar surface area (TPSA) is 29.0 Å². The van der Waals surface area contributed by atoms with Crippen LogP contribution in [0.5, 0.6) is 0 Å². The third-order valence-corrected chi connectivity index (χ3v) is 3.56. The standard InChI is InChI=1S/C12H18BrN3/c1-10-5-7-14-12(15-10)16-8-2-3-11(9-16)4-6-13/h5,7,11H,2-4,6,8-9H2,1H3. The van der Waals surface area contributed by atoms with Gasteiger partial charge in [-0.1, -0.05) is 15.9 Å². The van der Waals surface area contributed by atoms with E-state index in [9.17, 15) is 0 Å². The number of hydrogen-bond acceptors (Lipinski definition) is 3. The highest BCUT2D eigenvalue weighted by molar-refractivity contribution is 9.09. The minimum Gasteiger partial charge on any atom is -0.341 e. The Morgan fingerprint density at radius 2 is 2.44 bits per heavy atom. The summed E-state index contributed by atoms with van der Waals surface area (Å²) in [5.41, 5.74) is 1.05. The van der Waals surface area contributed by atoms with Crippen LogP contribution in [-0.4, -0.2) is 28.4 Å². The van der Waals surface area contributed by atoms with Gasteiger partial charge in [-0.15, -0.1) is 0 Å². The number of rotatable bonds is 3. The van der Waals surface area contributed by atoms with Crippen LogP contribution in [-0.2, 0) is 0 Å². The fourth-order valence-corrected chi connectivity index (χ4v) is 2.87. The molecule has 1 unspecified atom stereocenters. The van der Waals surface area contributed by atoms with Gasteiger partial charge in [-0.25, -0.2) is 9.97 Å². The van der Waals surface area contributed by atoms with Crippen molar-refractivity contribution in [3.8, 4) is 0 Å². The van der Waals surface area contributed by atoms with E-state index in [1.54, 1.807) is 0 Å². The second-order valence-corrected chi connectivity index (χ2v) is 5.22. The SMILES string of the molecule is Cc1ccnc(N2CCCC(CCBr)C2)n1. The zero-order valence-electron chi connectivity index (χ0n) is 9.69.